The Kier molecular flexibility index (Phi) is 4.16. The van der Waals surface area contributed by atoms with Crippen LogP contribution in [0.5, 0.6) is 0 Å². The van der Waals surface area contributed by atoms with Gasteiger partial charge in [-0.2, -0.15) is 0 Å². The third kappa shape index (κ3) is 2.69. The minimum absolute atomic E-state index is 0.123. The van der Waals surface area contributed by atoms with E-state index in [2.05, 4.69) is 10.3 Å². The molecule has 1 amide bonds. The van der Waals surface area contributed by atoms with Crippen LogP contribution in [0.1, 0.15) is 28.4 Å². The second-order valence-corrected chi connectivity index (χ2v) is 5.73. The lowest BCUT2D eigenvalue weighted by molar-refractivity contribution is 0.102. The third-order valence-corrected chi connectivity index (χ3v) is 4.26. The zero-order chi connectivity index (χ0) is 17.3. The lowest BCUT2D eigenvalue weighted by atomic mass is 10.1. The number of pyridine rings is 2. The average molecular weight is 321 g/mol. The number of hydrogen-bond donors (Lipinski definition) is 1. The maximum absolute atomic E-state index is 12.7. The van der Waals surface area contributed by atoms with Gasteiger partial charge in [-0.1, -0.05) is 12.1 Å². The predicted octanol–water partition coefficient (Wildman–Crippen LogP) is 3.29. The van der Waals surface area contributed by atoms with Crippen LogP contribution in [-0.4, -0.2) is 15.5 Å². The van der Waals surface area contributed by atoms with Crippen LogP contribution in [0.15, 0.2) is 47.4 Å². The molecule has 0 unspecified atom stereocenters. The van der Waals surface area contributed by atoms with Crippen LogP contribution in [0, 0.1) is 13.8 Å². The average Bonchev–Trinajstić information content (AvgIpc) is 2.58. The summed E-state index contributed by atoms with van der Waals surface area (Å²) in [6.45, 7) is 6.25. The zero-order valence-electron chi connectivity index (χ0n) is 14.0. The molecule has 5 heteroatoms. The summed E-state index contributed by atoms with van der Waals surface area (Å²) >= 11 is 0. The van der Waals surface area contributed by atoms with E-state index in [-0.39, 0.29) is 11.1 Å². The van der Waals surface area contributed by atoms with Gasteiger partial charge in [0.2, 0.25) is 0 Å². The van der Waals surface area contributed by atoms with Gasteiger partial charge in [0.05, 0.1) is 0 Å². The van der Waals surface area contributed by atoms with Gasteiger partial charge in [0.1, 0.15) is 11.2 Å². The molecule has 0 bridgehead atoms. The number of aryl methyl sites for hydroxylation is 2. The number of hydrogen-bond acceptors (Lipinski definition) is 3. The van der Waals surface area contributed by atoms with Gasteiger partial charge < -0.3 is 5.32 Å². The van der Waals surface area contributed by atoms with Crippen LogP contribution in [0.4, 0.5) is 5.69 Å². The first kappa shape index (κ1) is 15.9. The van der Waals surface area contributed by atoms with E-state index in [0.29, 0.717) is 17.9 Å². The Bertz CT molecular complexity index is 990. The topological polar surface area (TPSA) is 64.0 Å². The van der Waals surface area contributed by atoms with Crippen molar-refractivity contribution in [2.24, 2.45) is 0 Å². The van der Waals surface area contributed by atoms with Gasteiger partial charge in [0, 0.05) is 23.8 Å². The van der Waals surface area contributed by atoms with Gasteiger partial charge in [-0.3, -0.25) is 14.2 Å². The summed E-state index contributed by atoms with van der Waals surface area (Å²) in [7, 11) is 0. The fourth-order valence-corrected chi connectivity index (χ4v) is 2.74. The molecule has 0 spiro atoms. The molecule has 0 aliphatic heterocycles. The van der Waals surface area contributed by atoms with Crippen molar-refractivity contribution in [3.05, 3.63) is 69.6 Å². The second-order valence-electron chi connectivity index (χ2n) is 5.73. The first-order valence-corrected chi connectivity index (χ1v) is 7.89. The van der Waals surface area contributed by atoms with Crippen LogP contribution in [-0.2, 0) is 6.54 Å². The van der Waals surface area contributed by atoms with Gasteiger partial charge >= 0.3 is 0 Å². The molecule has 3 rings (SSSR count). The SMILES string of the molecule is CCn1c(=O)c(C(=O)Nc2cccc(C)c2C)cc2cccnc21. The summed E-state index contributed by atoms with van der Waals surface area (Å²) in [5.41, 5.74) is 3.18. The van der Waals surface area contributed by atoms with Gasteiger partial charge in [0.25, 0.3) is 11.5 Å². The number of carbonyl (C=O) groups excluding carboxylic acids is 1. The van der Waals surface area contributed by atoms with Crippen molar-refractivity contribution in [3.63, 3.8) is 0 Å². The van der Waals surface area contributed by atoms with Crippen molar-refractivity contribution in [2.75, 3.05) is 5.32 Å². The van der Waals surface area contributed by atoms with Gasteiger partial charge in [-0.15, -0.1) is 0 Å². The van der Waals surface area contributed by atoms with E-state index in [0.717, 1.165) is 16.5 Å². The third-order valence-electron chi connectivity index (χ3n) is 4.26. The van der Waals surface area contributed by atoms with Crippen LogP contribution >= 0.6 is 0 Å². The molecule has 0 atom stereocenters. The number of benzene rings is 1. The normalized spacial score (nSPS) is 10.8. The Morgan fingerprint density at radius 1 is 1.21 bits per heavy atom. The van der Waals surface area contributed by atoms with Crippen molar-refractivity contribution >= 4 is 22.6 Å². The Hall–Kier alpha value is -2.95. The van der Waals surface area contributed by atoms with Gasteiger partial charge in [-0.25, -0.2) is 4.98 Å². The maximum atomic E-state index is 12.7. The lowest BCUT2D eigenvalue weighted by Gasteiger charge is -2.12. The van der Waals surface area contributed by atoms with E-state index in [4.69, 9.17) is 0 Å². The lowest BCUT2D eigenvalue weighted by Crippen LogP contribution is -2.29. The number of aromatic nitrogens is 2. The molecule has 2 aromatic heterocycles. The maximum Gasteiger partial charge on any atom is 0.265 e. The molecule has 1 aromatic carbocycles. The Morgan fingerprint density at radius 2 is 2.00 bits per heavy atom. The summed E-state index contributed by atoms with van der Waals surface area (Å²) in [5.74, 6) is -0.401. The van der Waals surface area contributed by atoms with Crippen LogP contribution in [0.3, 0.4) is 0 Å². The monoisotopic (exact) mass is 321 g/mol. The van der Waals surface area contributed by atoms with Crippen molar-refractivity contribution < 1.29 is 4.79 Å². The van der Waals surface area contributed by atoms with Crippen LogP contribution < -0.4 is 10.9 Å². The van der Waals surface area contributed by atoms with E-state index in [9.17, 15) is 9.59 Å². The Labute approximate surface area is 140 Å². The Balaban J connectivity index is 2.09. The van der Waals surface area contributed by atoms with E-state index >= 15 is 0 Å². The highest BCUT2D eigenvalue weighted by Gasteiger charge is 2.16. The van der Waals surface area contributed by atoms with Crippen molar-refractivity contribution in [1.29, 1.82) is 0 Å². The number of anilines is 1. The molecule has 0 saturated carbocycles. The Morgan fingerprint density at radius 3 is 2.75 bits per heavy atom. The number of fused-ring (bicyclic) bond motifs is 1. The van der Waals surface area contributed by atoms with E-state index in [1.54, 1.807) is 18.3 Å². The molecule has 0 saturated heterocycles. The molecule has 2 heterocycles. The molecule has 0 aliphatic carbocycles. The first-order valence-electron chi connectivity index (χ1n) is 7.89. The molecular formula is C19H19N3O2. The summed E-state index contributed by atoms with van der Waals surface area (Å²) in [5, 5.41) is 3.62. The standard InChI is InChI=1S/C19H19N3O2/c1-4-22-17-14(8-6-10-20-17)11-15(19(22)24)18(23)21-16-9-5-7-12(2)13(16)3/h5-11H,4H2,1-3H3,(H,21,23). The number of amides is 1. The molecule has 0 fully saturated rings. The largest absolute Gasteiger partial charge is 0.322 e. The van der Waals surface area contributed by atoms with Crippen LogP contribution in [0.2, 0.25) is 0 Å². The summed E-state index contributed by atoms with van der Waals surface area (Å²) in [6.07, 6.45) is 1.64. The zero-order valence-corrected chi connectivity index (χ0v) is 14.0. The fraction of sp³-hybridized carbons (Fsp3) is 0.211. The summed E-state index contributed by atoms with van der Waals surface area (Å²) in [6, 6.07) is 10.9. The quantitative estimate of drug-likeness (QED) is 0.805. The molecule has 24 heavy (non-hydrogen) atoms. The highest BCUT2D eigenvalue weighted by atomic mass is 16.2. The van der Waals surface area contributed by atoms with Gasteiger partial charge in [-0.05, 0) is 56.2 Å². The molecular weight excluding hydrogens is 302 g/mol. The minimum atomic E-state index is -0.401. The van der Waals surface area contributed by atoms with Crippen LogP contribution in [0.25, 0.3) is 11.0 Å². The van der Waals surface area contributed by atoms with Crippen molar-refractivity contribution in [3.8, 4) is 0 Å². The molecule has 0 aliphatic rings. The molecule has 0 radical (unpaired) electrons. The molecule has 5 nitrogen and oxygen atoms in total. The van der Waals surface area contributed by atoms with E-state index in [1.165, 1.54) is 4.57 Å². The minimum Gasteiger partial charge on any atom is -0.322 e. The predicted molar refractivity (Wildman–Crippen MR) is 95.5 cm³/mol. The van der Waals surface area contributed by atoms with E-state index < -0.39 is 5.91 Å². The molecule has 3 aromatic rings. The van der Waals surface area contributed by atoms with Crippen molar-refractivity contribution in [2.45, 2.75) is 27.3 Å². The second kappa shape index (κ2) is 6.28. The van der Waals surface area contributed by atoms with Gasteiger partial charge in [0.15, 0.2) is 0 Å². The number of carbonyl (C=O) groups is 1. The summed E-state index contributed by atoms with van der Waals surface area (Å²) in [4.78, 5) is 29.6. The van der Waals surface area contributed by atoms with E-state index in [1.807, 2.05) is 45.0 Å². The smallest absolute Gasteiger partial charge is 0.265 e. The van der Waals surface area contributed by atoms with Crippen molar-refractivity contribution in [1.82, 2.24) is 9.55 Å². The fourth-order valence-electron chi connectivity index (χ4n) is 2.74. The number of nitrogens with zero attached hydrogens (tertiary/aromatic N) is 2. The molecule has 122 valence electrons. The number of nitrogens with one attached hydrogen (secondary N) is 1. The number of rotatable bonds is 3. The highest BCUT2D eigenvalue weighted by molar-refractivity contribution is 6.06. The summed E-state index contributed by atoms with van der Waals surface area (Å²) < 4.78 is 1.52. The highest BCUT2D eigenvalue weighted by Crippen LogP contribution is 2.19. The molecule has 1 N–H and O–H groups in total. The first-order chi connectivity index (χ1) is 11.5.